The second kappa shape index (κ2) is 4.17. The molecule has 1 rings (SSSR count). The molecule has 14 heavy (non-hydrogen) atoms. The first-order chi connectivity index (χ1) is 6.39. The highest BCUT2D eigenvalue weighted by atomic mass is 15.3. The van der Waals surface area contributed by atoms with Crippen LogP contribution in [0.2, 0.25) is 0 Å². The molecule has 82 valence electrons. The number of hydrogen-bond donors (Lipinski definition) is 2. The van der Waals surface area contributed by atoms with E-state index in [4.69, 9.17) is 0 Å². The summed E-state index contributed by atoms with van der Waals surface area (Å²) in [6.45, 7) is 8.36. The van der Waals surface area contributed by atoms with Gasteiger partial charge in [0.15, 0.2) is 5.96 Å². The van der Waals surface area contributed by atoms with E-state index in [-0.39, 0.29) is 5.54 Å². The van der Waals surface area contributed by atoms with Crippen LogP contribution in [0.5, 0.6) is 0 Å². The van der Waals surface area contributed by atoms with Crippen LogP contribution in [0.15, 0.2) is 4.99 Å². The van der Waals surface area contributed by atoms with Gasteiger partial charge in [0, 0.05) is 18.1 Å². The molecule has 0 fully saturated rings. The van der Waals surface area contributed by atoms with Crippen LogP contribution in [0, 0.1) is 0 Å². The maximum absolute atomic E-state index is 4.39. The molecular weight excluding hydrogens is 176 g/mol. The molecular formula is C10H22N4. The first-order valence-electron chi connectivity index (χ1n) is 5.13. The highest BCUT2D eigenvalue weighted by Crippen LogP contribution is 2.04. The Balaban J connectivity index is 2.42. The quantitative estimate of drug-likeness (QED) is 0.683. The third-order valence-corrected chi connectivity index (χ3v) is 2.07. The molecule has 1 heterocycles. The number of hydrogen-bond acceptors (Lipinski definition) is 4. The summed E-state index contributed by atoms with van der Waals surface area (Å²) in [4.78, 5) is 6.56. The summed E-state index contributed by atoms with van der Waals surface area (Å²) < 4.78 is 0. The Kier molecular flexibility index (Phi) is 3.37. The lowest BCUT2D eigenvalue weighted by Gasteiger charge is -2.30. The highest BCUT2D eigenvalue weighted by Gasteiger charge is 2.22. The third kappa shape index (κ3) is 3.54. The van der Waals surface area contributed by atoms with Crippen LogP contribution in [0.4, 0.5) is 0 Å². The standard InChI is InChI=1S/C10H22N4/c1-8-6-11-9(12-8)13-10(2,3)7-14(4)5/h8H,6-7H2,1-5H3,(H2,11,12,13). The van der Waals surface area contributed by atoms with Crippen molar-refractivity contribution >= 4 is 5.96 Å². The Morgan fingerprint density at radius 3 is 2.64 bits per heavy atom. The summed E-state index contributed by atoms with van der Waals surface area (Å²) in [5.74, 6) is 0.935. The molecule has 1 aliphatic rings. The van der Waals surface area contributed by atoms with E-state index in [2.05, 4.69) is 55.4 Å². The summed E-state index contributed by atoms with van der Waals surface area (Å²) in [7, 11) is 4.16. The fraction of sp³-hybridized carbons (Fsp3) is 0.900. The fourth-order valence-electron chi connectivity index (χ4n) is 1.78. The number of aliphatic imine (C=N–C) groups is 1. The Morgan fingerprint density at radius 1 is 1.57 bits per heavy atom. The SMILES string of the molecule is CC1CN=C(NC(C)(C)CN(C)C)N1. The van der Waals surface area contributed by atoms with Crippen molar-refractivity contribution in [1.29, 1.82) is 0 Å². The van der Waals surface area contributed by atoms with Gasteiger partial charge in [-0.3, -0.25) is 4.99 Å². The zero-order chi connectivity index (χ0) is 10.8. The second-order valence-electron chi connectivity index (χ2n) is 4.98. The summed E-state index contributed by atoms with van der Waals surface area (Å²) >= 11 is 0. The molecule has 0 saturated carbocycles. The molecule has 0 saturated heterocycles. The van der Waals surface area contributed by atoms with Gasteiger partial charge in [0.25, 0.3) is 0 Å². The minimum absolute atomic E-state index is 0.0550. The Labute approximate surface area is 86.8 Å². The molecule has 1 atom stereocenters. The first-order valence-corrected chi connectivity index (χ1v) is 5.13. The predicted molar refractivity (Wildman–Crippen MR) is 60.7 cm³/mol. The lowest BCUT2D eigenvalue weighted by Crippen LogP contribution is -2.53. The van der Waals surface area contributed by atoms with Crippen LogP contribution in [0.1, 0.15) is 20.8 Å². The van der Waals surface area contributed by atoms with Gasteiger partial charge in [-0.2, -0.15) is 0 Å². The Hall–Kier alpha value is -0.770. The van der Waals surface area contributed by atoms with Crippen LogP contribution in [0.3, 0.4) is 0 Å². The fourth-order valence-corrected chi connectivity index (χ4v) is 1.78. The minimum Gasteiger partial charge on any atom is -0.352 e. The lowest BCUT2D eigenvalue weighted by atomic mass is 10.1. The van der Waals surface area contributed by atoms with Crippen molar-refractivity contribution in [3.05, 3.63) is 0 Å². The molecule has 0 spiro atoms. The summed E-state index contributed by atoms with van der Waals surface area (Å²) in [6.07, 6.45) is 0. The van der Waals surface area contributed by atoms with E-state index < -0.39 is 0 Å². The zero-order valence-corrected chi connectivity index (χ0v) is 9.89. The van der Waals surface area contributed by atoms with Gasteiger partial charge < -0.3 is 15.5 Å². The van der Waals surface area contributed by atoms with Crippen LogP contribution in [-0.4, -0.2) is 49.6 Å². The van der Waals surface area contributed by atoms with E-state index in [0.717, 1.165) is 19.0 Å². The first kappa shape index (κ1) is 11.3. The maximum atomic E-state index is 4.39. The number of nitrogens with one attached hydrogen (secondary N) is 2. The van der Waals surface area contributed by atoms with E-state index in [0.29, 0.717) is 6.04 Å². The van der Waals surface area contributed by atoms with Gasteiger partial charge in [-0.25, -0.2) is 0 Å². The monoisotopic (exact) mass is 198 g/mol. The molecule has 1 aliphatic heterocycles. The number of rotatable bonds is 3. The maximum Gasteiger partial charge on any atom is 0.192 e. The number of likely N-dealkylation sites (N-methyl/N-ethyl adjacent to an activating group) is 1. The van der Waals surface area contributed by atoms with Crippen molar-refractivity contribution in [2.75, 3.05) is 27.2 Å². The zero-order valence-electron chi connectivity index (χ0n) is 9.89. The molecule has 0 bridgehead atoms. The van der Waals surface area contributed by atoms with Gasteiger partial charge in [-0.15, -0.1) is 0 Å². The largest absolute Gasteiger partial charge is 0.352 e. The summed E-state index contributed by atoms with van der Waals surface area (Å²) in [6, 6.07) is 0.465. The number of guanidine groups is 1. The van der Waals surface area contributed by atoms with Crippen LogP contribution in [-0.2, 0) is 0 Å². The average Bonchev–Trinajstić information content (AvgIpc) is 2.30. The normalized spacial score (nSPS) is 22.1. The van der Waals surface area contributed by atoms with Gasteiger partial charge in [-0.1, -0.05) is 0 Å². The van der Waals surface area contributed by atoms with Gasteiger partial charge in [0.2, 0.25) is 0 Å². The molecule has 0 amide bonds. The molecule has 4 heteroatoms. The highest BCUT2D eigenvalue weighted by molar-refractivity contribution is 5.82. The van der Waals surface area contributed by atoms with Crippen LogP contribution in [0.25, 0.3) is 0 Å². The van der Waals surface area contributed by atoms with Crippen LogP contribution < -0.4 is 10.6 Å². The predicted octanol–water partition coefficient (Wildman–Crippen LogP) is 0.264. The summed E-state index contributed by atoms with van der Waals surface area (Å²) in [5, 5.41) is 6.72. The molecule has 4 nitrogen and oxygen atoms in total. The van der Waals surface area contributed by atoms with Crippen LogP contribution >= 0.6 is 0 Å². The van der Waals surface area contributed by atoms with Gasteiger partial charge in [-0.05, 0) is 34.9 Å². The van der Waals surface area contributed by atoms with Crippen molar-refractivity contribution in [3.8, 4) is 0 Å². The Bertz CT molecular complexity index is 220. The van der Waals surface area contributed by atoms with E-state index in [1.807, 2.05) is 0 Å². The summed E-state index contributed by atoms with van der Waals surface area (Å²) in [5.41, 5.74) is 0.0550. The molecule has 0 aromatic carbocycles. The smallest absolute Gasteiger partial charge is 0.192 e. The second-order valence-corrected chi connectivity index (χ2v) is 4.98. The molecule has 0 radical (unpaired) electrons. The van der Waals surface area contributed by atoms with Crippen molar-refractivity contribution < 1.29 is 0 Å². The molecule has 0 aromatic heterocycles. The van der Waals surface area contributed by atoms with Crippen molar-refractivity contribution in [2.45, 2.75) is 32.4 Å². The lowest BCUT2D eigenvalue weighted by molar-refractivity contribution is 0.295. The van der Waals surface area contributed by atoms with Crippen molar-refractivity contribution in [2.24, 2.45) is 4.99 Å². The van der Waals surface area contributed by atoms with Gasteiger partial charge in [0.1, 0.15) is 0 Å². The average molecular weight is 198 g/mol. The van der Waals surface area contributed by atoms with E-state index in [9.17, 15) is 0 Å². The minimum atomic E-state index is 0.0550. The van der Waals surface area contributed by atoms with Gasteiger partial charge in [0.05, 0.1) is 6.54 Å². The van der Waals surface area contributed by atoms with E-state index in [1.54, 1.807) is 0 Å². The van der Waals surface area contributed by atoms with Crippen molar-refractivity contribution in [3.63, 3.8) is 0 Å². The molecule has 0 aliphatic carbocycles. The van der Waals surface area contributed by atoms with Crippen molar-refractivity contribution in [1.82, 2.24) is 15.5 Å². The Morgan fingerprint density at radius 2 is 2.21 bits per heavy atom. The third-order valence-electron chi connectivity index (χ3n) is 2.07. The van der Waals surface area contributed by atoms with E-state index in [1.165, 1.54) is 0 Å². The topological polar surface area (TPSA) is 39.7 Å². The van der Waals surface area contributed by atoms with E-state index >= 15 is 0 Å². The van der Waals surface area contributed by atoms with Gasteiger partial charge >= 0.3 is 0 Å². The number of nitrogens with zero attached hydrogens (tertiary/aromatic N) is 2. The molecule has 1 unspecified atom stereocenters. The molecule has 2 N–H and O–H groups in total. The molecule has 0 aromatic rings.